The van der Waals surface area contributed by atoms with Crippen LogP contribution in [0.1, 0.15) is 29.0 Å². The molecule has 0 bridgehead atoms. The van der Waals surface area contributed by atoms with E-state index < -0.39 is 0 Å². The average molecular weight is 447 g/mol. The van der Waals surface area contributed by atoms with Crippen molar-refractivity contribution in [3.63, 3.8) is 0 Å². The van der Waals surface area contributed by atoms with Crippen LogP contribution in [-0.4, -0.2) is 38.7 Å². The lowest BCUT2D eigenvalue weighted by Gasteiger charge is -2.32. The number of rotatable bonds is 4. The molecule has 1 N–H and O–H groups in total. The van der Waals surface area contributed by atoms with Crippen molar-refractivity contribution >= 4 is 39.0 Å². The van der Waals surface area contributed by atoms with Crippen LogP contribution in [0.4, 0.5) is 11.5 Å². The van der Waals surface area contributed by atoms with Crippen molar-refractivity contribution in [3.8, 4) is 5.69 Å². The number of amides is 1. The third-order valence-electron chi connectivity index (χ3n) is 6.30. The highest BCUT2D eigenvalue weighted by molar-refractivity contribution is 7.18. The summed E-state index contributed by atoms with van der Waals surface area (Å²) in [6, 6.07) is 9.79. The molecule has 1 aliphatic rings. The molecule has 0 saturated carbocycles. The third kappa shape index (κ3) is 3.75. The highest BCUT2D eigenvalue weighted by atomic mass is 32.1. The van der Waals surface area contributed by atoms with Crippen LogP contribution in [0, 0.1) is 26.7 Å². The number of hydrogen-bond acceptors (Lipinski definition) is 6. The zero-order chi connectivity index (χ0) is 22.2. The summed E-state index contributed by atoms with van der Waals surface area (Å²) >= 11 is 1.72. The van der Waals surface area contributed by atoms with Gasteiger partial charge in [-0.05, 0) is 63.4 Å². The zero-order valence-corrected chi connectivity index (χ0v) is 19.3. The Bertz CT molecular complexity index is 1280. The molecule has 1 aromatic carbocycles. The zero-order valence-electron chi connectivity index (χ0n) is 18.5. The molecule has 1 fully saturated rings. The fourth-order valence-corrected chi connectivity index (χ4v) is 5.35. The molecule has 4 aromatic rings. The Labute approximate surface area is 191 Å². The Hall–Kier alpha value is -3.26. The van der Waals surface area contributed by atoms with Crippen LogP contribution in [0.5, 0.6) is 0 Å². The van der Waals surface area contributed by atoms with Crippen molar-refractivity contribution < 1.29 is 4.79 Å². The van der Waals surface area contributed by atoms with Gasteiger partial charge in [-0.2, -0.15) is 5.10 Å². The second kappa shape index (κ2) is 8.35. The second-order valence-electron chi connectivity index (χ2n) is 8.35. The average Bonchev–Trinajstić information content (AvgIpc) is 3.36. The van der Waals surface area contributed by atoms with Gasteiger partial charge in [-0.15, -0.1) is 11.3 Å². The standard InChI is InChI=1S/C24H26N6OS/c1-15-7-10-27-30(15)20-6-4-5-19(13-20)28-23(31)18-8-11-29(12-9-18)22-21-16(2)17(3)32-24(21)26-14-25-22/h4-7,10,13-14,18H,8-9,11-12H2,1-3H3,(H,28,31). The lowest BCUT2D eigenvalue weighted by Crippen LogP contribution is -2.38. The molecule has 7 nitrogen and oxygen atoms in total. The van der Waals surface area contributed by atoms with E-state index in [4.69, 9.17) is 0 Å². The van der Waals surface area contributed by atoms with Gasteiger partial charge in [-0.1, -0.05) is 6.07 Å². The highest BCUT2D eigenvalue weighted by Gasteiger charge is 2.27. The molecule has 3 aromatic heterocycles. The summed E-state index contributed by atoms with van der Waals surface area (Å²) in [6.07, 6.45) is 5.04. The van der Waals surface area contributed by atoms with Crippen LogP contribution in [-0.2, 0) is 4.79 Å². The molecular formula is C24H26N6OS. The molecule has 164 valence electrons. The number of benzene rings is 1. The number of carbonyl (C=O) groups excluding carboxylic acids is 1. The minimum absolute atomic E-state index is 0.0102. The van der Waals surface area contributed by atoms with Crippen LogP contribution >= 0.6 is 11.3 Å². The number of anilines is 2. The van der Waals surface area contributed by atoms with Crippen LogP contribution in [0.3, 0.4) is 0 Å². The molecule has 1 amide bonds. The van der Waals surface area contributed by atoms with Crippen molar-refractivity contribution in [1.29, 1.82) is 0 Å². The van der Waals surface area contributed by atoms with Crippen LogP contribution in [0.25, 0.3) is 15.9 Å². The fourth-order valence-electron chi connectivity index (χ4n) is 4.36. The maximum Gasteiger partial charge on any atom is 0.227 e. The van der Waals surface area contributed by atoms with E-state index in [-0.39, 0.29) is 11.8 Å². The first-order valence-corrected chi connectivity index (χ1v) is 11.7. The Morgan fingerprint density at radius 2 is 1.94 bits per heavy atom. The van der Waals surface area contributed by atoms with Crippen molar-refractivity contribution in [3.05, 3.63) is 59.0 Å². The maximum absolute atomic E-state index is 13.0. The minimum Gasteiger partial charge on any atom is -0.356 e. The normalized spacial score (nSPS) is 14.8. The first-order chi connectivity index (χ1) is 15.5. The van der Waals surface area contributed by atoms with Crippen molar-refractivity contribution in [1.82, 2.24) is 19.7 Å². The summed E-state index contributed by atoms with van der Waals surface area (Å²) in [5.41, 5.74) is 4.05. The molecule has 0 aliphatic carbocycles. The van der Waals surface area contributed by atoms with Gasteiger partial charge in [-0.25, -0.2) is 14.6 Å². The molecule has 32 heavy (non-hydrogen) atoms. The molecule has 0 spiro atoms. The molecule has 0 unspecified atom stereocenters. The number of fused-ring (bicyclic) bond motifs is 1. The number of aryl methyl sites for hydroxylation is 3. The van der Waals surface area contributed by atoms with Gasteiger partial charge in [-0.3, -0.25) is 4.79 Å². The largest absolute Gasteiger partial charge is 0.356 e. The predicted molar refractivity (Wildman–Crippen MR) is 129 cm³/mol. The monoisotopic (exact) mass is 446 g/mol. The molecule has 1 aliphatic heterocycles. The predicted octanol–water partition coefficient (Wildman–Crippen LogP) is 4.66. The van der Waals surface area contributed by atoms with Gasteiger partial charge in [0.1, 0.15) is 17.0 Å². The van der Waals surface area contributed by atoms with Crippen molar-refractivity contribution in [2.75, 3.05) is 23.3 Å². The van der Waals surface area contributed by atoms with Gasteiger partial charge < -0.3 is 10.2 Å². The first kappa shape index (κ1) is 20.6. The lowest BCUT2D eigenvalue weighted by molar-refractivity contribution is -0.120. The summed E-state index contributed by atoms with van der Waals surface area (Å²) in [4.78, 5) is 26.6. The highest BCUT2D eigenvalue weighted by Crippen LogP contribution is 2.35. The summed E-state index contributed by atoms with van der Waals surface area (Å²) in [5.74, 6) is 1.07. The van der Waals surface area contributed by atoms with Crippen LogP contribution in [0.2, 0.25) is 0 Å². The number of hydrogen-bond donors (Lipinski definition) is 1. The Morgan fingerprint density at radius 1 is 1.12 bits per heavy atom. The third-order valence-corrected chi connectivity index (χ3v) is 7.42. The Balaban J connectivity index is 1.26. The maximum atomic E-state index is 13.0. The summed E-state index contributed by atoms with van der Waals surface area (Å²) < 4.78 is 1.87. The number of nitrogens with zero attached hydrogens (tertiary/aromatic N) is 5. The topological polar surface area (TPSA) is 75.9 Å². The number of thiophene rings is 1. The lowest BCUT2D eigenvalue weighted by atomic mass is 9.95. The molecule has 0 atom stereocenters. The number of carbonyl (C=O) groups is 1. The fraction of sp³-hybridized carbons (Fsp3) is 0.333. The van der Waals surface area contributed by atoms with E-state index in [0.29, 0.717) is 0 Å². The summed E-state index contributed by atoms with van der Waals surface area (Å²) in [7, 11) is 0. The quantitative estimate of drug-likeness (QED) is 0.494. The summed E-state index contributed by atoms with van der Waals surface area (Å²) in [5, 5.41) is 8.62. The number of aromatic nitrogens is 4. The molecular weight excluding hydrogens is 420 g/mol. The Morgan fingerprint density at radius 3 is 2.69 bits per heavy atom. The van der Waals surface area contributed by atoms with E-state index in [2.05, 4.69) is 39.1 Å². The molecule has 5 rings (SSSR count). The van der Waals surface area contributed by atoms with E-state index in [0.717, 1.165) is 59.0 Å². The van der Waals surface area contributed by atoms with Gasteiger partial charge in [0.2, 0.25) is 5.91 Å². The smallest absolute Gasteiger partial charge is 0.227 e. The van der Waals surface area contributed by atoms with Gasteiger partial charge in [0, 0.05) is 41.5 Å². The molecule has 1 saturated heterocycles. The SMILES string of the molecule is Cc1sc2ncnc(N3CCC(C(=O)Nc4cccc(-n5nccc5C)c4)CC3)c2c1C. The number of nitrogens with one attached hydrogen (secondary N) is 1. The molecule has 4 heterocycles. The summed E-state index contributed by atoms with van der Waals surface area (Å²) in [6.45, 7) is 7.90. The van der Waals surface area contributed by atoms with Crippen LogP contribution in [0.15, 0.2) is 42.9 Å². The van der Waals surface area contributed by atoms with E-state index in [9.17, 15) is 4.79 Å². The van der Waals surface area contributed by atoms with Gasteiger partial charge in [0.25, 0.3) is 0 Å². The molecule has 8 heteroatoms. The van der Waals surface area contributed by atoms with Gasteiger partial charge >= 0.3 is 0 Å². The minimum atomic E-state index is -0.0102. The molecule has 0 radical (unpaired) electrons. The second-order valence-corrected chi connectivity index (χ2v) is 9.55. The van der Waals surface area contributed by atoms with Crippen molar-refractivity contribution in [2.45, 2.75) is 33.6 Å². The Kier molecular flexibility index (Phi) is 5.38. The van der Waals surface area contributed by atoms with Gasteiger partial charge in [0.15, 0.2) is 0 Å². The van der Waals surface area contributed by atoms with E-state index in [1.165, 1.54) is 10.4 Å². The van der Waals surface area contributed by atoms with E-state index in [1.54, 1.807) is 23.9 Å². The first-order valence-electron chi connectivity index (χ1n) is 10.9. The number of piperidine rings is 1. The van der Waals surface area contributed by atoms with Crippen LogP contribution < -0.4 is 10.2 Å². The van der Waals surface area contributed by atoms with Gasteiger partial charge in [0.05, 0.1) is 11.1 Å². The van der Waals surface area contributed by atoms with Crippen molar-refractivity contribution in [2.24, 2.45) is 5.92 Å². The van der Waals surface area contributed by atoms with E-state index in [1.807, 2.05) is 41.9 Å². The van der Waals surface area contributed by atoms with E-state index >= 15 is 0 Å².